The fraction of sp³-hybridized carbons (Fsp3) is 0.417. The number of carbonyl (C=O) groups is 1. The standard InChI is InChI=1S/C12H13FINO3S/c1-8-2-3-10(14)5-11(8)15-6-9(4-12(15)16)7-19(13,17)18/h2-3,5,9H,4,6-7H2,1H3. The van der Waals surface area contributed by atoms with Crippen molar-refractivity contribution in [3.05, 3.63) is 27.3 Å². The SMILES string of the molecule is Cc1ccc(I)cc1N1CC(CS(=O)(=O)F)CC1=O. The molecule has 1 aromatic carbocycles. The van der Waals surface area contributed by atoms with E-state index < -0.39 is 21.9 Å². The minimum Gasteiger partial charge on any atom is -0.312 e. The van der Waals surface area contributed by atoms with E-state index in [0.29, 0.717) is 0 Å². The Balaban J connectivity index is 2.23. The number of nitrogens with zero attached hydrogens (tertiary/aromatic N) is 1. The lowest BCUT2D eigenvalue weighted by Gasteiger charge is -2.19. The lowest BCUT2D eigenvalue weighted by atomic mass is 10.1. The first-order valence-corrected chi connectivity index (χ1v) is 8.38. The van der Waals surface area contributed by atoms with Crippen LogP contribution in [0.3, 0.4) is 0 Å². The molecule has 4 nitrogen and oxygen atoms in total. The minimum absolute atomic E-state index is 0.0774. The zero-order valence-electron chi connectivity index (χ0n) is 10.3. The van der Waals surface area contributed by atoms with E-state index in [4.69, 9.17) is 0 Å². The molecular weight excluding hydrogens is 384 g/mol. The summed E-state index contributed by atoms with van der Waals surface area (Å²) in [6.07, 6.45) is 0.0774. The number of rotatable bonds is 3. The largest absolute Gasteiger partial charge is 0.312 e. The highest BCUT2D eigenvalue weighted by molar-refractivity contribution is 14.1. The molecule has 0 aromatic heterocycles. The Morgan fingerprint density at radius 2 is 2.16 bits per heavy atom. The van der Waals surface area contributed by atoms with Gasteiger partial charge in [-0.1, -0.05) is 6.07 Å². The fourth-order valence-corrected chi connectivity index (χ4v) is 3.54. The normalized spacial score (nSPS) is 20.1. The van der Waals surface area contributed by atoms with Crippen LogP contribution in [0, 0.1) is 16.4 Å². The lowest BCUT2D eigenvalue weighted by Crippen LogP contribution is -2.26. The van der Waals surface area contributed by atoms with Gasteiger partial charge in [0.1, 0.15) is 0 Å². The number of halogens is 2. The number of hydrogen-bond donors (Lipinski definition) is 0. The quantitative estimate of drug-likeness (QED) is 0.581. The molecular formula is C12H13FINO3S. The van der Waals surface area contributed by atoms with Gasteiger partial charge in [-0.15, -0.1) is 3.89 Å². The summed E-state index contributed by atoms with van der Waals surface area (Å²) in [5, 5.41) is 0. The molecule has 1 aliphatic heterocycles. The highest BCUT2D eigenvalue weighted by Gasteiger charge is 2.34. The van der Waals surface area contributed by atoms with Gasteiger partial charge >= 0.3 is 10.2 Å². The molecule has 0 radical (unpaired) electrons. The Bertz CT molecular complexity index is 617. The third-order valence-corrected chi connectivity index (χ3v) is 4.64. The third kappa shape index (κ3) is 3.65. The predicted molar refractivity (Wildman–Crippen MR) is 79.3 cm³/mol. The fourth-order valence-electron chi connectivity index (χ4n) is 2.28. The molecule has 19 heavy (non-hydrogen) atoms. The highest BCUT2D eigenvalue weighted by atomic mass is 127. The summed E-state index contributed by atoms with van der Waals surface area (Å²) in [5.74, 6) is -1.21. The van der Waals surface area contributed by atoms with Gasteiger partial charge in [0, 0.05) is 28.1 Å². The molecule has 1 unspecified atom stereocenters. The molecule has 0 N–H and O–H groups in total. The Kier molecular flexibility index (Phi) is 4.14. The molecule has 0 aliphatic carbocycles. The van der Waals surface area contributed by atoms with Crippen LogP contribution in [0.4, 0.5) is 9.57 Å². The maximum absolute atomic E-state index is 12.7. The van der Waals surface area contributed by atoms with Crippen LogP contribution < -0.4 is 4.90 Å². The smallest absolute Gasteiger partial charge is 0.302 e. The molecule has 104 valence electrons. The highest BCUT2D eigenvalue weighted by Crippen LogP contribution is 2.29. The molecule has 1 fully saturated rings. The Hall–Kier alpha value is -0.700. The van der Waals surface area contributed by atoms with Gasteiger partial charge in [0.25, 0.3) is 0 Å². The molecule has 0 saturated carbocycles. The third-order valence-electron chi connectivity index (χ3n) is 3.10. The number of anilines is 1. The van der Waals surface area contributed by atoms with Crippen molar-refractivity contribution in [2.45, 2.75) is 13.3 Å². The van der Waals surface area contributed by atoms with Crippen molar-refractivity contribution < 1.29 is 17.1 Å². The molecule has 0 spiro atoms. The van der Waals surface area contributed by atoms with Gasteiger partial charge in [-0.25, -0.2) is 0 Å². The molecule has 0 bridgehead atoms. The van der Waals surface area contributed by atoms with E-state index in [9.17, 15) is 17.1 Å². The first kappa shape index (κ1) is 14.7. The maximum Gasteiger partial charge on any atom is 0.302 e. The zero-order valence-corrected chi connectivity index (χ0v) is 13.2. The number of carbonyl (C=O) groups excluding carboxylic acids is 1. The summed E-state index contributed by atoms with van der Waals surface area (Å²) in [6, 6.07) is 5.72. The van der Waals surface area contributed by atoms with Gasteiger partial charge in [0.2, 0.25) is 5.91 Å². The molecule has 1 atom stereocenters. The van der Waals surface area contributed by atoms with E-state index >= 15 is 0 Å². The number of hydrogen-bond acceptors (Lipinski definition) is 3. The first-order valence-electron chi connectivity index (χ1n) is 5.75. The second-order valence-corrected chi connectivity index (χ2v) is 7.37. The van der Waals surface area contributed by atoms with Crippen LogP contribution in [0.5, 0.6) is 0 Å². The Morgan fingerprint density at radius 3 is 2.79 bits per heavy atom. The molecule has 1 amide bonds. The molecule has 7 heteroatoms. The van der Waals surface area contributed by atoms with E-state index in [1.54, 1.807) is 4.90 Å². The van der Waals surface area contributed by atoms with Crippen molar-refractivity contribution in [2.75, 3.05) is 17.2 Å². The molecule has 2 rings (SSSR count). The van der Waals surface area contributed by atoms with Crippen LogP contribution in [0.1, 0.15) is 12.0 Å². The predicted octanol–water partition coefficient (Wildman–Crippen LogP) is 2.25. The molecule has 1 aliphatic rings. The van der Waals surface area contributed by atoms with Gasteiger partial charge in [0.15, 0.2) is 0 Å². The van der Waals surface area contributed by atoms with Crippen molar-refractivity contribution in [1.29, 1.82) is 0 Å². The van der Waals surface area contributed by atoms with Crippen LogP contribution in [0.25, 0.3) is 0 Å². The van der Waals surface area contributed by atoms with Gasteiger partial charge in [-0.05, 0) is 47.2 Å². The second kappa shape index (κ2) is 5.35. The number of amides is 1. The van der Waals surface area contributed by atoms with Gasteiger partial charge < -0.3 is 4.90 Å². The van der Waals surface area contributed by atoms with Gasteiger partial charge in [-0.3, -0.25) is 4.79 Å². The van der Waals surface area contributed by atoms with E-state index in [2.05, 4.69) is 22.6 Å². The van der Waals surface area contributed by atoms with Crippen LogP contribution in [0.15, 0.2) is 18.2 Å². The zero-order chi connectivity index (χ0) is 14.2. The van der Waals surface area contributed by atoms with Crippen molar-refractivity contribution in [2.24, 2.45) is 5.92 Å². The van der Waals surface area contributed by atoms with Gasteiger partial charge in [-0.2, -0.15) is 8.42 Å². The maximum atomic E-state index is 12.7. The van der Waals surface area contributed by atoms with E-state index in [1.165, 1.54) is 0 Å². The van der Waals surface area contributed by atoms with E-state index in [0.717, 1.165) is 14.8 Å². The average molecular weight is 397 g/mol. The van der Waals surface area contributed by atoms with Crippen LogP contribution >= 0.6 is 22.6 Å². The first-order chi connectivity index (χ1) is 8.76. The topological polar surface area (TPSA) is 54.5 Å². The summed E-state index contributed by atoms with van der Waals surface area (Å²) in [6.45, 7) is 2.14. The average Bonchev–Trinajstić information content (AvgIpc) is 2.60. The van der Waals surface area contributed by atoms with Crippen LogP contribution in [-0.4, -0.2) is 26.6 Å². The van der Waals surface area contributed by atoms with Crippen molar-refractivity contribution in [1.82, 2.24) is 0 Å². The summed E-state index contributed by atoms with van der Waals surface area (Å²) >= 11 is 2.15. The van der Waals surface area contributed by atoms with Crippen molar-refractivity contribution in [3.63, 3.8) is 0 Å². The summed E-state index contributed by atoms with van der Waals surface area (Å²) < 4.78 is 35.0. The Labute approximate surface area is 125 Å². The van der Waals surface area contributed by atoms with E-state index in [1.807, 2.05) is 25.1 Å². The number of aryl methyl sites for hydroxylation is 1. The van der Waals surface area contributed by atoms with Crippen LogP contribution in [-0.2, 0) is 15.0 Å². The summed E-state index contributed by atoms with van der Waals surface area (Å²) in [4.78, 5) is 13.5. The second-order valence-electron chi connectivity index (χ2n) is 4.71. The van der Waals surface area contributed by atoms with Crippen molar-refractivity contribution in [3.8, 4) is 0 Å². The van der Waals surface area contributed by atoms with E-state index in [-0.39, 0.29) is 18.9 Å². The monoisotopic (exact) mass is 397 g/mol. The lowest BCUT2D eigenvalue weighted by molar-refractivity contribution is -0.117. The number of benzene rings is 1. The summed E-state index contributed by atoms with van der Waals surface area (Å²) in [7, 11) is -4.54. The molecule has 1 aromatic rings. The molecule has 1 saturated heterocycles. The molecule has 1 heterocycles. The Morgan fingerprint density at radius 1 is 1.47 bits per heavy atom. The summed E-state index contributed by atoms with van der Waals surface area (Å²) in [5.41, 5.74) is 1.72. The van der Waals surface area contributed by atoms with Crippen molar-refractivity contribution >= 4 is 44.4 Å². The van der Waals surface area contributed by atoms with Gasteiger partial charge in [0.05, 0.1) is 5.75 Å². The van der Waals surface area contributed by atoms with Crippen LogP contribution in [0.2, 0.25) is 0 Å². The minimum atomic E-state index is -4.54.